The molecule has 3 aromatic rings. The fourth-order valence-electron chi connectivity index (χ4n) is 3.00. The first-order valence-corrected chi connectivity index (χ1v) is 10.5. The van der Waals surface area contributed by atoms with Crippen molar-refractivity contribution in [2.24, 2.45) is 0 Å². The second kappa shape index (κ2) is 8.15. The zero-order valence-corrected chi connectivity index (χ0v) is 16.9. The number of hydrogen-bond acceptors (Lipinski definition) is 7. The maximum atomic E-state index is 13.4. The molecular weight excluding hydrogens is 445 g/mol. The summed E-state index contributed by atoms with van der Waals surface area (Å²) >= 11 is 0. The lowest BCUT2D eigenvalue weighted by atomic mass is 10.1. The lowest BCUT2D eigenvalue weighted by Gasteiger charge is -2.13. The Balaban J connectivity index is 1.63. The number of carbonyl (C=O) groups excluding carboxylic acids is 1. The van der Waals surface area contributed by atoms with Crippen molar-refractivity contribution in [1.29, 1.82) is 0 Å². The van der Waals surface area contributed by atoms with E-state index < -0.39 is 37.3 Å². The minimum absolute atomic E-state index is 0.0430. The number of para-hydroxylation sites is 1. The number of amides is 1. The lowest BCUT2D eigenvalue weighted by Crippen LogP contribution is -2.19. The normalized spacial score (nSPS) is 12.3. The number of carbonyl (C=O) groups is 1. The van der Waals surface area contributed by atoms with Crippen molar-refractivity contribution in [2.75, 3.05) is 16.8 Å². The Morgan fingerprint density at radius 2 is 1.78 bits per heavy atom. The van der Waals surface area contributed by atoms with Crippen molar-refractivity contribution in [1.82, 2.24) is 0 Å². The van der Waals surface area contributed by atoms with Crippen LogP contribution in [-0.2, 0) is 10.0 Å². The predicted octanol–water partition coefficient (Wildman–Crippen LogP) is 3.52. The standard InChI is InChI=1S/C20H14FN3O7S/c21-12-5-8-19(16(9-12)24(26)27)32(28,29)23-15-4-2-1-3-14(15)20(25)22-13-6-7-17-18(10-13)31-11-30-17/h1-10,23H,11H2,(H,22,25). The largest absolute Gasteiger partial charge is 0.454 e. The summed E-state index contributed by atoms with van der Waals surface area (Å²) < 4.78 is 51.6. The van der Waals surface area contributed by atoms with Crippen LogP contribution in [0.5, 0.6) is 11.5 Å². The number of anilines is 2. The quantitative estimate of drug-likeness (QED) is 0.425. The number of nitrogens with zero attached hydrogens (tertiary/aromatic N) is 1. The van der Waals surface area contributed by atoms with Crippen molar-refractivity contribution in [3.05, 3.63) is 82.2 Å². The molecule has 0 aliphatic carbocycles. The Kier molecular flexibility index (Phi) is 5.36. The Morgan fingerprint density at radius 1 is 1.03 bits per heavy atom. The van der Waals surface area contributed by atoms with Gasteiger partial charge in [0.25, 0.3) is 21.6 Å². The number of nitro benzene ring substituents is 1. The molecule has 0 fully saturated rings. The highest BCUT2D eigenvalue weighted by molar-refractivity contribution is 7.92. The highest BCUT2D eigenvalue weighted by Crippen LogP contribution is 2.34. The molecule has 0 atom stereocenters. The van der Waals surface area contributed by atoms with E-state index in [4.69, 9.17) is 9.47 Å². The SMILES string of the molecule is O=C(Nc1ccc2c(c1)OCO2)c1ccccc1NS(=O)(=O)c1ccc(F)cc1[N+](=O)[O-]. The maximum absolute atomic E-state index is 13.4. The van der Waals surface area contributed by atoms with E-state index in [1.165, 1.54) is 24.3 Å². The number of nitrogens with one attached hydrogen (secondary N) is 2. The third kappa shape index (κ3) is 4.16. The molecule has 32 heavy (non-hydrogen) atoms. The first kappa shape index (κ1) is 21.1. The topological polar surface area (TPSA) is 137 Å². The molecule has 0 saturated heterocycles. The highest BCUT2D eigenvalue weighted by atomic mass is 32.2. The van der Waals surface area contributed by atoms with E-state index in [9.17, 15) is 27.7 Å². The van der Waals surface area contributed by atoms with Crippen LogP contribution >= 0.6 is 0 Å². The van der Waals surface area contributed by atoms with Gasteiger partial charge in [-0.05, 0) is 36.4 Å². The van der Waals surface area contributed by atoms with Crippen LogP contribution in [0.25, 0.3) is 0 Å². The van der Waals surface area contributed by atoms with Crippen molar-refractivity contribution in [3.8, 4) is 11.5 Å². The zero-order chi connectivity index (χ0) is 22.9. The molecule has 0 saturated carbocycles. The first-order chi connectivity index (χ1) is 15.2. The van der Waals surface area contributed by atoms with Gasteiger partial charge in [0.1, 0.15) is 5.82 Å². The van der Waals surface area contributed by atoms with E-state index >= 15 is 0 Å². The fourth-order valence-corrected chi connectivity index (χ4v) is 4.24. The zero-order valence-electron chi connectivity index (χ0n) is 16.1. The van der Waals surface area contributed by atoms with Crippen LogP contribution in [0.1, 0.15) is 10.4 Å². The van der Waals surface area contributed by atoms with Crippen LogP contribution in [0.15, 0.2) is 65.6 Å². The molecule has 4 rings (SSSR count). The van der Waals surface area contributed by atoms with Gasteiger partial charge in [0.05, 0.1) is 22.2 Å². The molecule has 2 N–H and O–H groups in total. The van der Waals surface area contributed by atoms with E-state index in [1.54, 1.807) is 18.2 Å². The van der Waals surface area contributed by atoms with E-state index in [0.29, 0.717) is 23.3 Å². The molecule has 1 aliphatic rings. The number of halogens is 1. The second-order valence-electron chi connectivity index (χ2n) is 6.54. The van der Waals surface area contributed by atoms with Gasteiger partial charge in [0, 0.05) is 11.8 Å². The van der Waals surface area contributed by atoms with Gasteiger partial charge < -0.3 is 14.8 Å². The molecule has 164 valence electrons. The monoisotopic (exact) mass is 459 g/mol. The number of sulfonamides is 1. The maximum Gasteiger partial charge on any atom is 0.292 e. The van der Waals surface area contributed by atoms with Gasteiger partial charge in [0.2, 0.25) is 6.79 Å². The summed E-state index contributed by atoms with van der Waals surface area (Å²) in [6.45, 7) is 0.0624. The molecule has 10 nitrogen and oxygen atoms in total. The van der Waals surface area contributed by atoms with Gasteiger partial charge in [-0.2, -0.15) is 0 Å². The third-order valence-corrected chi connectivity index (χ3v) is 5.87. The van der Waals surface area contributed by atoms with Crippen molar-refractivity contribution < 1.29 is 32.0 Å². The second-order valence-corrected chi connectivity index (χ2v) is 8.19. The summed E-state index contributed by atoms with van der Waals surface area (Å²) in [4.78, 5) is 22.3. The Labute approximate surface area is 180 Å². The smallest absolute Gasteiger partial charge is 0.292 e. The number of nitro groups is 1. The number of rotatable bonds is 6. The van der Waals surface area contributed by atoms with Crippen molar-refractivity contribution in [2.45, 2.75) is 4.90 Å². The van der Waals surface area contributed by atoms with E-state index in [-0.39, 0.29) is 18.0 Å². The average Bonchev–Trinajstić information content (AvgIpc) is 3.21. The van der Waals surface area contributed by atoms with Gasteiger partial charge in [0.15, 0.2) is 16.4 Å². The minimum Gasteiger partial charge on any atom is -0.454 e. The van der Waals surface area contributed by atoms with Crippen LogP contribution in [0.2, 0.25) is 0 Å². The molecule has 0 spiro atoms. The summed E-state index contributed by atoms with van der Waals surface area (Å²) in [5.41, 5.74) is -0.714. The summed E-state index contributed by atoms with van der Waals surface area (Å²) in [5.74, 6) is -0.632. The lowest BCUT2D eigenvalue weighted by molar-refractivity contribution is -0.388. The van der Waals surface area contributed by atoms with E-state index in [1.807, 2.05) is 0 Å². The molecule has 0 bridgehead atoms. The van der Waals surface area contributed by atoms with Gasteiger partial charge in [-0.3, -0.25) is 19.6 Å². The molecule has 1 aliphatic heterocycles. The Morgan fingerprint density at radius 3 is 2.56 bits per heavy atom. The summed E-state index contributed by atoms with van der Waals surface area (Å²) in [5, 5.41) is 13.8. The Bertz CT molecular complexity index is 1340. The van der Waals surface area contributed by atoms with Gasteiger partial charge in [-0.1, -0.05) is 12.1 Å². The summed E-state index contributed by atoms with van der Waals surface area (Å²) in [7, 11) is -4.52. The molecular formula is C20H14FN3O7S. The highest BCUT2D eigenvalue weighted by Gasteiger charge is 2.28. The van der Waals surface area contributed by atoms with Crippen LogP contribution in [0, 0.1) is 15.9 Å². The molecule has 12 heteroatoms. The van der Waals surface area contributed by atoms with Crippen LogP contribution in [-0.4, -0.2) is 26.0 Å². The number of benzene rings is 3. The van der Waals surface area contributed by atoms with Crippen LogP contribution < -0.4 is 19.5 Å². The molecule has 1 amide bonds. The van der Waals surface area contributed by atoms with Crippen LogP contribution in [0.4, 0.5) is 21.5 Å². The number of hydrogen-bond donors (Lipinski definition) is 2. The number of ether oxygens (including phenoxy) is 2. The van der Waals surface area contributed by atoms with Crippen molar-refractivity contribution >= 4 is 33.0 Å². The summed E-state index contributed by atoms with van der Waals surface area (Å²) in [6, 6.07) is 12.5. The molecule has 1 heterocycles. The summed E-state index contributed by atoms with van der Waals surface area (Å²) in [6.07, 6.45) is 0. The average molecular weight is 459 g/mol. The van der Waals surface area contributed by atoms with E-state index in [2.05, 4.69) is 10.0 Å². The first-order valence-electron chi connectivity index (χ1n) is 9.01. The van der Waals surface area contributed by atoms with Crippen LogP contribution in [0.3, 0.4) is 0 Å². The molecule has 0 unspecified atom stereocenters. The molecule has 0 radical (unpaired) electrons. The fraction of sp³-hybridized carbons (Fsp3) is 0.0500. The van der Waals surface area contributed by atoms with Crippen molar-refractivity contribution in [3.63, 3.8) is 0 Å². The number of fused-ring (bicyclic) bond motifs is 1. The third-order valence-electron chi connectivity index (χ3n) is 4.45. The molecule has 0 aromatic heterocycles. The Hall–Kier alpha value is -4.19. The van der Waals surface area contributed by atoms with Gasteiger partial charge in [-0.15, -0.1) is 0 Å². The van der Waals surface area contributed by atoms with Gasteiger partial charge >= 0.3 is 0 Å². The van der Waals surface area contributed by atoms with Gasteiger partial charge in [-0.25, -0.2) is 12.8 Å². The molecule has 3 aromatic carbocycles. The minimum atomic E-state index is -4.52. The van der Waals surface area contributed by atoms with E-state index in [0.717, 1.165) is 12.1 Å². The predicted molar refractivity (Wildman–Crippen MR) is 111 cm³/mol.